The minimum absolute atomic E-state index is 0.291. The number of nitrogens with zero attached hydrogens (tertiary/aromatic N) is 1. The topological polar surface area (TPSA) is 20.3 Å². The van der Waals surface area contributed by atoms with Crippen molar-refractivity contribution in [3.8, 4) is 0 Å². The molecule has 5 rings (SSSR count). The smallest absolute Gasteiger partial charge is 0.162 e. The van der Waals surface area contributed by atoms with Crippen molar-refractivity contribution in [1.29, 1.82) is 0 Å². The third-order valence-corrected chi connectivity index (χ3v) is 8.29. The summed E-state index contributed by atoms with van der Waals surface area (Å²) in [6.45, 7) is 5.82. The summed E-state index contributed by atoms with van der Waals surface area (Å²) in [7, 11) is 0. The number of piperidine rings is 1. The maximum absolute atomic E-state index is 13.4. The van der Waals surface area contributed by atoms with Gasteiger partial charge in [0, 0.05) is 18.0 Å². The van der Waals surface area contributed by atoms with Crippen LogP contribution in [0.25, 0.3) is 0 Å². The van der Waals surface area contributed by atoms with Crippen LogP contribution in [0, 0.1) is 23.7 Å². The van der Waals surface area contributed by atoms with Gasteiger partial charge in [0.1, 0.15) is 0 Å². The van der Waals surface area contributed by atoms with E-state index in [2.05, 4.69) is 36.1 Å². The van der Waals surface area contributed by atoms with Crippen molar-refractivity contribution in [3.05, 3.63) is 46.6 Å². The molecule has 4 aliphatic carbocycles. The Morgan fingerprint density at radius 2 is 2.00 bits per heavy atom. The first kappa shape index (κ1) is 19.5. The zero-order chi connectivity index (χ0) is 19.8. The Labute approximate surface area is 176 Å². The van der Waals surface area contributed by atoms with E-state index in [4.69, 9.17) is 0 Å². The maximum Gasteiger partial charge on any atom is 0.162 e. The van der Waals surface area contributed by atoms with E-state index in [0.29, 0.717) is 23.5 Å². The molecule has 2 heteroatoms. The molecule has 0 amide bonds. The van der Waals surface area contributed by atoms with Crippen molar-refractivity contribution < 1.29 is 4.79 Å². The summed E-state index contributed by atoms with van der Waals surface area (Å²) in [6, 6.07) is 0. The van der Waals surface area contributed by atoms with E-state index in [1.807, 2.05) is 0 Å². The number of likely N-dealkylation sites (tertiary alicyclic amines) is 1. The summed E-state index contributed by atoms with van der Waals surface area (Å²) in [6.07, 6.45) is 21.6. The molecule has 0 aromatic heterocycles. The van der Waals surface area contributed by atoms with Crippen molar-refractivity contribution >= 4 is 5.78 Å². The molecular weight excluding hydrogens is 354 g/mol. The van der Waals surface area contributed by atoms with Gasteiger partial charge in [-0.2, -0.15) is 0 Å². The van der Waals surface area contributed by atoms with Crippen molar-refractivity contribution in [2.24, 2.45) is 23.7 Å². The van der Waals surface area contributed by atoms with E-state index in [9.17, 15) is 4.79 Å². The molecule has 2 bridgehead atoms. The normalized spacial score (nSPS) is 32.6. The fraction of sp³-hybridized carbons (Fsp3) is 0.667. The lowest BCUT2D eigenvalue weighted by atomic mass is 9.78. The van der Waals surface area contributed by atoms with Gasteiger partial charge in [0.05, 0.1) is 0 Å². The van der Waals surface area contributed by atoms with E-state index in [1.54, 1.807) is 5.57 Å². The summed E-state index contributed by atoms with van der Waals surface area (Å²) in [5, 5.41) is 0. The lowest BCUT2D eigenvalue weighted by Crippen LogP contribution is -2.36. The van der Waals surface area contributed by atoms with Crippen LogP contribution in [0.15, 0.2) is 46.6 Å². The molecule has 0 radical (unpaired) electrons. The number of Topliss-reactive ketones (excluding diaryl/α,β-unsaturated/α-hetero) is 1. The van der Waals surface area contributed by atoms with Crippen LogP contribution in [-0.4, -0.2) is 30.3 Å². The van der Waals surface area contributed by atoms with Gasteiger partial charge in [-0.3, -0.25) is 9.69 Å². The first-order chi connectivity index (χ1) is 14.2. The van der Waals surface area contributed by atoms with Crippen molar-refractivity contribution in [2.45, 2.75) is 71.1 Å². The third-order valence-electron chi connectivity index (χ3n) is 8.29. The van der Waals surface area contributed by atoms with Gasteiger partial charge >= 0.3 is 0 Å². The van der Waals surface area contributed by atoms with E-state index in [-0.39, 0.29) is 0 Å². The van der Waals surface area contributed by atoms with Crippen molar-refractivity contribution in [1.82, 2.24) is 4.90 Å². The minimum atomic E-state index is 0.291. The Kier molecular flexibility index (Phi) is 5.65. The summed E-state index contributed by atoms with van der Waals surface area (Å²) in [5.74, 6) is 2.84. The second-order valence-electron chi connectivity index (χ2n) is 10.2. The molecule has 29 heavy (non-hydrogen) atoms. The lowest BCUT2D eigenvalue weighted by Gasteiger charge is -2.33. The average Bonchev–Trinajstić information content (AvgIpc) is 3.19. The fourth-order valence-corrected chi connectivity index (χ4v) is 6.83. The molecule has 5 aliphatic rings. The first-order valence-corrected chi connectivity index (χ1v) is 12.3. The number of rotatable bonds is 6. The van der Waals surface area contributed by atoms with Gasteiger partial charge in [-0.15, -0.1) is 0 Å². The molecule has 0 spiro atoms. The van der Waals surface area contributed by atoms with E-state index in [1.165, 1.54) is 81.2 Å². The molecule has 1 aliphatic heterocycles. The molecule has 2 fully saturated rings. The Morgan fingerprint density at radius 1 is 1.14 bits per heavy atom. The van der Waals surface area contributed by atoms with Gasteiger partial charge in [0.25, 0.3) is 0 Å². The Bertz CT molecular complexity index is 774. The van der Waals surface area contributed by atoms with Crippen LogP contribution in [-0.2, 0) is 4.79 Å². The second kappa shape index (κ2) is 8.38. The fourth-order valence-electron chi connectivity index (χ4n) is 6.83. The van der Waals surface area contributed by atoms with Gasteiger partial charge < -0.3 is 0 Å². The molecular formula is C27H37NO. The van der Waals surface area contributed by atoms with Gasteiger partial charge in [0.15, 0.2) is 5.78 Å². The molecule has 0 aromatic carbocycles. The van der Waals surface area contributed by atoms with Crippen LogP contribution >= 0.6 is 0 Å². The van der Waals surface area contributed by atoms with Crippen LogP contribution in [0.2, 0.25) is 0 Å². The van der Waals surface area contributed by atoms with Crippen molar-refractivity contribution in [2.75, 3.05) is 19.6 Å². The van der Waals surface area contributed by atoms with Gasteiger partial charge in [0.2, 0.25) is 0 Å². The summed E-state index contributed by atoms with van der Waals surface area (Å²) in [4.78, 5) is 16.0. The predicted molar refractivity (Wildman–Crippen MR) is 120 cm³/mol. The van der Waals surface area contributed by atoms with Gasteiger partial charge in [-0.05, 0) is 99.8 Å². The average molecular weight is 392 g/mol. The number of carbonyl (C=O) groups is 1. The molecule has 0 aromatic rings. The number of allylic oxidation sites excluding steroid dienone is 6. The number of hydrogen-bond donors (Lipinski definition) is 0. The highest BCUT2D eigenvalue weighted by molar-refractivity contribution is 6.02. The van der Waals surface area contributed by atoms with Crippen LogP contribution in [0.3, 0.4) is 0 Å². The number of carbonyl (C=O) groups excluding carboxylic acids is 1. The van der Waals surface area contributed by atoms with E-state index >= 15 is 0 Å². The molecule has 156 valence electrons. The number of ketones is 1. The van der Waals surface area contributed by atoms with Gasteiger partial charge in [-0.1, -0.05) is 43.2 Å². The zero-order valence-corrected chi connectivity index (χ0v) is 18.2. The first-order valence-electron chi connectivity index (χ1n) is 12.3. The molecule has 3 atom stereocenters. The Hall–Kier alpha value is -1.41. The molecule has 2 nitrogen and oxygen atoms in total. The van der Waals surface area contributed by atoms with Crippen LogP contribution < -0.4 is 0 Å². The SMILES string of the molecule is CCCC1C2=CC3=C(C(=O)C(CC4CCN(CC5=CCCC=C5)CC4)C3)C1CC2. The Balaban J connectivity index is 1.15. The van der Waals surface area contributed by atoms with Crippen LogP contribution in [0.4, 0.5) is 0 Å². The predicted octanol–water partition coefficient (Wildman–Crippen LogP) is 6.02. The number of hydrogen-bond acceptors (Lipinski definition) is 2. The van der Waals surface area contributed by atoms with E-state index in [0.717, 1.165) is 25.3 Å². The van der Waals surface area contributed by atoms with Crippen LogP contribution in [0.1, 0.15) is 71.1 Å². The molecule has 1 saturated heterocycles. The lowest BCUT2D eigenvalue weighted by molar-refractivity contribution is -0.119. The largest absolute Gasteiger partial charge is 0.299 e. The summed E-state index contributed by atoms with van der Waals surface area (Å²) < 4.78 is 0. The summed E-state index contributed by atoms with van der Waals surface area (Å²) in [5.41, 5.74) is 5.90. The molecule has 3 unspecified atom stereocenters. The zero-order valence-electron chi connectivity index (χ0n) is 18.2. The molecule has 1 heterocycles. The third kappa shape index (κ3) is 3.85. The molecule has 1 saturated carbocycles. The highest BCUT2D eigenvalue weighted by Crippen LogP contribution is 2.53. The Morgan fingerprint density at radius 3 is 2.76 bits per heavy atom. The van der Waals surface area contributed by atoms with Gasteiger partial charge in [-0.25, -0.2) is 0 Å². The minimum Gasteiger partial charge on any atom is -0.299 e. The van der Waals surface area contributed by atoms with Crippen LogP contribution in [0.5, 0.6) is 0 Å². The molecule has 0 N–H and O–H groups in total. The van der Waals surface area contributed by atoms with E-state index < -0.39 is 0 Å². The second-order valence-corrected chi connectivity index (χ2v) is 10.2. The maximum atomic E-state index is 13.4. The highest BCUT2D eigenvalue weighted by atomic mass is 16.1. The monoisotopic (exact) mass is 391 g/mol. The standard InChI is InChI=1S/C27H37NO/c1-2-6-24-21-9-10-25(24)26-22(16-21)17-23(27(26)29)15-19-11-13-28(14-12-19)18-20-7-4-3-5-8-20/h4,7-8,16,19,23-25H,2-3,5-6,9-15,17-18H2,1H3. The van der Waals surface area contributed by atoms with Crippen molar-refractivity contribution in [3.63, 3.8) is 0 Å². The quantitative estimate of drug-likeness (QED) is 0.552. The summed E-state index contributed by atoms with van der Waals surface area (Å²) >= 11 is 0. The highest BCUT2D eigenvalue weighted by Gasteiger charge is 2.45. The number of fused-ring (bicyclic) bond motifs is 3.